The highest BCUT2D eigenvalue weighted by molar-refractivity contribution is 7.10. The van der Waals surface area contributed by atoms with Crippen molar-refractivity contribution < 1.29 is 9.18 Å². The summed E-state index contributed by atoms with van der Waals surface area (Å²) in [5, 5.41) is 12.1. The van der Waals surface area contributed by atoms with Crippen LogP contribution in [0.4, 0.5) is 10.2 Å². The number of aromatic nitrogens is 3. The molecule has 5 nitrogen and oxygen atoms in total. The Kier molecular flexibility index (Phi) is 4.76. The highest BCUT2D eigenvalue weighted by Gasteiger charge is 2.19. The summed E-state index contributed by atoms with van der Waals surface area (Å²) < 4.78 is 13.3. The van der Waals surface area contributed by atoms with Gasteiger partial charge in [0.1, 0.15) is 5.82 Å². The SMILES string of the molecule is O=C(Cc1cccs1)Nc1n[nH]c(-c2ccc(F)cc2)c1-c1ccncc1. The quantitative estimate of drug-likeness (QED) is 0.536. The predicted octanol–water partition coefficient (Wildman–Crippen LogP) is 4.52. The van der Waals surface area contributed by atoms with Crippen molar-refractivity contribution in [2.75, 3.05) is 5.32 Å². The predicted molar refractivity (Wildman–Crippen MR) is 104 cm³/mol. The first-order valence-corrected chi connectivity index (χ1v) is 9.15. The fourth-order valence-electron chi connectivity index (χ4n) is 2.81. The molecular weight excluding hydrogens is 363 g/mol. The molecule has 4 rings (SSSR count). The van der Waals surface area contributed by atoms with Gasteiger partial charge in [-0.2, -0.15) is 5.10 Å². The van der Waals surface area contributed by atoms with Crippen molar-refractivity contribution in [2.24, 2.45) is 0 Å². The van der Waals surface area contributed by atoms with Gasteiger partial charge < -0.3 is 5.32 Å². The van der Waals surface area contributed by atoms with Crippen molar-refractivity contribution >= 4 is 23.1 Å². The Morgan fingerprint density at radius 3 is 2.56 bits per heavy atom. The highest BCUT2D eigenvalue weighted by Crippen LogP contribution is 2.36. The molecule has 134 valence electrons. The van der Waals surface area contributed by atoms with Crippen molar-refractivity contribution in [1.82, 2.24) is 15.2 Å². The van der Waals surface area contributed by atoms with E-state index in [9.17, 15) is 9.18 Å². The highest BCUT2D eigenvalue weighted by atomic mass is 32.1. The van der Waals surface area contributed by atoms with E-state index < -0.39 is 0 Å². The fourth-order valence-corrected chi connectivity index (χ4v) is 3.51. The maximum Gasteiger partial charge on any atom is 0.230 e. The number of anilines is 1. The van der Waals surface area contributed by atoms with Crippen molar-refractivity contribution in [1.29, 1.82) is 0 Å². The van der Waals surface area contributed by atoms with E-state index in [0.29, 0.717) is 11.5 Å². The smallest absolute Gasteiger partial charge is 0.230 e. The zero-order chi connectivity index (χ0) is 18.6. The molecule has 4 aromatic rings. The molecule has 3 heterocycles. The van der Waals surface area contributed by atoms with Crippen LogP contribution in [0, 0.1) is 5.82 Å². The summed E-state index contributed by atoms with van der Waals surface area (Å²) in [6, 6.07) is 13.6. The molecule has 7 heteroatoms. The number of rotatable bonds is 5. The molecule has 2 N–H and O–H groups in total. The molecule has 0 aliphatic rings. The standard InChI is InChI=1S/C20H15FN4OS/c21-15-5-3-14(4-6-15)19-18(13-7-9-22-10-8-13)20(25-24-19)23-17(26)12-16-2-1-11-27-16/h1-11H,12H2,(H2,23,24,25,26). The second kappa shape index (κ2) is 7.51. The fraction of sp³-hybridized carbons (Fsp3) is 0.0500. The lowest BCUT2D eigenvalue weighted by atomic mass is 10.0. The van der Waals surface area contributed by atoms with Gasteiger partial charge in [0, 0.05) is 22.8 Å². The zero-order valence-electron chi connectivity index (χ0n) is 14.1. The summed E-state index contributed by atoms with van der Waals surface area (Å²) >= 11 is 1.53. The van der Waals surface area contributed by atoms with Crippen LogP contribution in [0.1, 0.15) is 4.88 Å². The van der Waals surface area contributed by atoms with Crippen molar-refractivity contribution in [3.05, 3.63) is 77.0 Å². The van der Waals surface area contributed by atoms with Gasteiger partial charge in [-0.25, -0.2) is 4.39 Å². The first-order chi connectivity index (χ1) is 13.2. The average Bonchev–Trinajstić information content (AvgIpc) is 3.33. The summed E-state index contributed by atoms with van der Waals surface area (Å²) in [4.78, 5) is 17.5. The normalized spacial score (nSPS) is 10.7. The first kappa shape index (κ1) is 17.1. The van der Waals surface area contributed by atoms with Gasteiger partial charge in [0.15, 0.2) is 5.82 Å². The number of aromatic amines is 1. The lowest BCUT2D eigenvalue weighted by Gasteiger charge is -2.08. The molecule has 0 bridgehead atoms. The number of nitrogens with one attached hydrogen (secondary N) is 2. The molecule has 0 aliphatic heterocycles. The maximum absolute atomic E-state index is 13.3. The van der Waals surface area contributed by atoms with Crippen molar-refractivity contribution in [3.8, 4) is 22.4 Å². The van der Waals surface area contributed by atoms with Gasteiger partial charge in [0.25, 0.3) is 0 Å². The molecule has 0 atom stereocenters. The number of H-pyrrole nitrogens is 1. The molecule has 0 unspecified atom stereocenters. The van der Waals surface area contributed by atoms with Crippen LogP contribution in [-0.4, -0.2) is 21.1 Å². The van der Waals surface area contributed by atoms with Gasteiger partial charge in [-0.1, -0.05) is 6.07 Å². The summed E-state index contributed by atoms with van der Waals surface area (Å²) in [7, 11) is 0. The Morgan fingerprint density at radius 1 is 1.07 bits per heavy atom. The Labute approximate surface area is 158 Å². The number of pyridine rings is 1. The van der Waals surface area contributed by atoms with E-state index in [2.05, 4.69) is 20.5 Å². The van der Waals surface area contributed by atoms with Gasteiger partial charge in [0.05, 0.1) is 17.7 Å². The number of nitrogens with zero attached hydrogens (tertiary/aromatic N) is 2. The molecule has 1 aromatic carbocycles. The summed E-state index contributed by atoms with van der Waals surface area (Å²) in [6.07, 6.45) is 3.63. The molecule has 3 aromatic heterocycles. The maximum atomic E-state index is 13.3. The van der Waals surface area contributed by atoms with Crippen LogP contribution < -0.4 is 5.32 Å². The summed E-state index contributed by atoms with van der Waals surface area (Å²) in [5.74, 6) is -0.0276. The molecular formula is C20H15FN4OS. The van der Waals surface area contributed by atoms with E-state index in [4.69, 9.17) is 0 Å². The Bertz CT molecular complexity index is 1040. The largest absolute Gasteiger partial charge is 0.308 e. The number of carbonyl (C=O) groups is 1. The van der Waals surface area contributed by atoms with E-state index >= 15 is 0 Å². The van der Waals surface area contributed by atoms with E-state index in [0.717, 1.165) is 21.6 Å². The minimum absolute atomic E-state index is 0.148. The monoisotopic (exact) mass is 378 g/mol. The third-order valence-electron chi connectivity index (χ3n) is 4.04. The molecule has 0 saturated carbocycles. The van der Waals surface area contributed by atoms with E-state index in [-0.39, 0.29) is 18.1 Å². The van der Waals surface area contributed by atoms with Gasteiger partial charge >= 0.3 is 0 Å². The van der Waals surface area contributed by atoms with Crippen LogP contribution in [0.2, 0.25) is 0 Å². The van der Waals surface area contributed by atoms with E-state index in [1.165, 1.54) is 23.5 Å². The first-order valence-electron chi connectivity index (χ1n) is 8.27. The van der Waals surface area contributed by atoms with Crippen LogP contribution in [0.5, 0.6) is 0 Å². The number of halogens is 1. The summed E-state index contributed by atoms with van der Waals surface area (Å²) in [5.41, 5.74) is 3.06. The van der Waals surface area contributed by atoms with Gasteiger partial charge in [-0.3, -0.25) is 14.9 Å². The second-order valence-corrected chi connectivity index (χ2v) is 6.90. The molecule has 0 spiro atoms. The molecule has 0 radical (unpaired) electrons. The van der Waals surface area contributed by atoms with Crippen LogP contribution in [0.15, 0.2) is 66.3 Å². The van der Waals surface area contributed by atoms with Crippen molar-refractivity contribution in [3.63, 3.8) is 0 Å². The van der Waals surface area contributed by atoms with Crippen LogP contribution in [0.25, 0.3) is 22.4 Å². The number of benzene rings is 1. The lowest BCUT2D eigenvalue weighted by molar-refractivity contribution is -0.115. The molecule has 27 heavy (non-hydrogen) atoms. The Balaban J connectivity index is 1.71. The van der Waals surface area contributed by atoms with E-state index in [1.807, 2.05) is 29.6 Å². The summed E-state index contributed by atoms with van der Waals surface area (Å²) in [6.45, 7) is 0. The Hall–Kier alpha value is -3.32. The average molecular weight is 378 g/mol. The molecule has 0 saturated heterocycles. The van der Waals surface area contributed by atoms with Crippen LogP contribution in [0.3, 0.4) is 0 Å². The number of amides is 1. The molecule has 0 aliphatic carbocycles. The van der Waals surface area contributed by atoms with Gasteiger partial charge in [0.2, 0.25) is 5.91 Å². The van der Waals surface area contributed by atoms with E-state index in [1.54, 1.807) is 24.5 Å². The Morgan fingerprint density at radius 2 is 1.85 bits per heavy atom. The van der Waals surface area contributed by atoms with Gasteiger partial charge in [-0.05, 0) is 53.4 Å². The third-order valence-corrected chi connectivity index (χ3v) is 4.92. The number of hydrogen-bond donors (Lipinski definition) is 2. The minimum Gasteiger partial charge on any atom is -0.308 e. The lowest BCUT2D eigenvalue weighted by Crippen LogP contribution is -2.14. The molecule has 1 amide bonds. The number of carbonyl (C=O) groups excluding carboxylic acids is 1. The van der Waals surface area contributed by atoms with Crippen molar-refractivity contribution in [2.45, 2.75) is 6.42 Å². The molecule has 0 fully saturated rings. The third kappa shape index (κ3) is 3.78. The zero-order valence-corrected chi connectivity index (χ0v) is 15.0. The number of thiophene rings is 1. The number of hydrogen-bond acceptors (Lipinski definition) is 4. The second-order valence-electron chi connectivity index (χ2n) is 5.87. The van der Waals surface area contributed by atoms with Crippen LogP contribution >= 0.6 is 11.3 Å². The topological polar surface area (TPSA) is 70.7 Å². The minimum atomic E-state index is -0.312. The van der Waals surface area contributed by atoms with Crippen LogP contribution in [-0.2, 0) is 11.2 Å². The van der Waals surface area contributed by atoms with Gasteiger partial charge in [-0.15, -0.1) is 11.3 Å².